The van der Waals surface area contributed by atoms with Gasteiger partial charge in [0.15, 0.2) is 0 Å². The second-order valence-electron chi connectivity index (χ2n) is 4.91. The number of thioether (sulfide) groups is 2. The second-order valence-corrected chi connectivity index (χ2v) is 7.47. The van der Waals surface area contributed by atoms with Gasteiger partial charge in [-0.3, -0.25) is 0 Å². The van der Waals surface area contributed by atoms with Crippen molar-refractivity contribution in [1.82, 2.24) is 5.32 Å². The Labute approximate surface area is 103 Å². The predicted molar refractivity (Wildman–Crippen MR) is 73.0 cm³/mol. The van der Waals surface area contributed by atoms with Crippen molar-refractivity contribution in [2.45, 2.75) is 43.9 Å². The minimum atomic E-state index is 0.739. The van der Waals surface area contributed by atoms with E-state index in [1.165, 1.54) is 49.5 Å². The summed E-state index contributed by atoms with van der Waals surface area (Å²) < 4.78 is 0. The lowest BCUT2D eigenvalue weighted by atomic mass is 9.81. The van der Waals surface area contributed by atoms with E-state index in [1.54, 1.807) is 0 Å². The van der Waals surface area contributed by atoms with Crippen LogP contribution in [0.2, 0.25) is 0 Å². The SMILES string of the molecule is CC(CC1CCC1)NCC1CSCCS1. The van der Waals surface area contributed by atoms with Gasteiger partial charge in [-0.1, -0.05) is 19.3 Å². The Bertz CT molecular complexity index is 176. The molecule has 1 aliphatic carbocycles. The highest BCUT2D eigenvalue weighted by Crippen LogP contribution is 2.30. The second kappa shape index (κ2) is 6.41. The zero-order valence-electron chi connectivity index (χ0n) is 9.71. The first-order valence-corrected chi connectivity index (χ1v) is 8.47. The van der Waals surface area contributed by atoms with E-state index in [0.717, 1.165) is 17.2 Å². The third-order valence-electron chi connectivity index (χ3n) is 3.49. The Hall–Kier alpha value is 0.660. The van der Waals surface area contributed by atoms with E-state index in [4.69, 9.17) is 0 Å². The van der Waals surface area contributed by atoms with E-state index < -0.39 is 0 Å². The first kappa shape index (κ1) is 12.1. The van der Waals surface area contributed by atoms with Crippen LogP contribution in [0.15, 0.2) is 0 Å². The Balaban J connectivity index is 1.55. The lowest BCUT2D eigenvalue weighted by Gasteiger charge is -2.30. The average molecular weight is 245 g/mol. The highest BCUT2D eigenvalue weighted by atomic mass is 32.2. The molecule has 2 atom stereocenters. The highest BCUT2D eigenvalue weighted by Gasteiger charge is 2.20. The molecule has 1 aliphatic heterocycles. The summed E-state index contributed by atoms with van der Waals surface area (Å²) in [6.45, 7) is 3.59. The molecule has 2 rings (SSSR count). The van der Waals surface area contributed by atoms with Crippen molar-refractivity contribution < 1.29 is 0 Å². The van der Waals surface area contributed by atoms with Crippen molar-refractivity contribution in [3.8, 4) is 0 Å². The molecule has 2 fully saturated rings. The molecular formula is C12H23NS2. The Morgan fingerprint density at radius 2 is 2.20 bits per heavy atom. The van der Waals surface area contributed by atoms with Gasteiger partial charge >= 0.3 is 0 Å². The maximum atomic E-state index is 3.72. The summed E-state index contributed by atoms with van der Waals surface area (Å²) in [5.74, 6) is 5.11. The summed E-state index contributed by atoms with van der Waals surface area (Å²) in [6, 6.07) is 0.739. The van der Waals surface area contributed by atoms with Gasteiger partial charge in [0.05, 0.1) is 0 Å². The molecule has 1 saturated carbocycles. The van der Waals surface area contributed by atoms with E-state index in [9.17, 15) is 0 Å². The first-order chi connectivity index (χ1) is 7.34. The van der Waals surface area contributed by atoms with Gasteiger partial charge in [-0.2, -0.15) is 23.5 Å². The fraction of sp³-hybridized carbons (Fsp3) is 1.00. The molecule has 3 heteroatoms. The molecule has 1 saturated heterocycles. The maximum Gasteiger partial charge on any atom is 0.0263 e. The van der Waals surface area contributed by atoms with E-state index in [-0.39, 0.29) is 0 Å². The number of nitrogens with one attached hydrogen (secondary N) is 1. The summed E-state index contributed by atoms with van der Waals surface area (Å²) in [4.78, 5) is 0. The van der Waals surface area contributed by atoms with Crippen LogP contribution in [0.25, 0.3) is 0 Å². The molecule has 0 spiro atoms. The van der Waals surface area contributed by atoms with Gasteiger partial charge in [0.2, 0.25) is 0 Å². The van der Waals surface area contributed by atoms with Gasteiger partial charge in [0, 0.05) is 35.1 Å². The predicted octanol–water partition coefficient (Wildman–Crippen LogP) is 3.00. The van der Waals surface area contributed by atoms with E-state index in [1.807, 2.05) is 0 Å². The van der Waals surface area contributed by atoms with E-state index in [2.05, 4.69) is 35.8 Å². The fourth-order valence-electron chi connectivity index (χ4n) is 2.30. The molecule has 0 aromatic carbocycles. The lowest BCUT2D eigenvalue weighted by molar-refractivity contribution is 0.266. The van der Waals surface area contributed by atoms with Crippen LogP contribution in [0.1, 0.15) is 32.6 Å². The van der Waals surface area contributed by atoms with Gasteiger partial charge in [-0.15, -0.1) is 0 Å². The molecular weight excluding hydrogens is 222 g/mol. The molecule has 2 unspecified atom stereocenters. The van der Waals surface area contributed by atoms with Gasteiger partial charge in [-0.25, -0.2) is 0 Å². The molecule has 1 nitrogen and oxygen atoms in total. The molecule has 88 valence electrons. The number of hydrogen-bond acceptors (Lipinski definition) is 3. The van der Waals surface area contributed by atoms with Crippen LogP contribution in [0.4, 0.5) is 0 Å². The Morgan fingerprint density at radius 3 is 2.80 bits per heavy atom. The zero-order valence-corrected chi connectivity index (χ0v) is 11.3. The molecule has 1 N–H and O–H groups in total. The monoisotopic (exact) mass is 245 g/mol. The van der Waals surface area contributed by atoms with Gasteiger partial charge < -0.3 is 5.32 Å². The quantitative estimate of drug-likeness (QED) is 0.800. The molecule has 0 aromatic rings. The van der Waals surface area contributed by atoms with E-state index >= 15 is 0 Å². The molecule has 0 amide bonds. The lowest BCUT2D eigenvalue weighted by Crippen LogP contribution is -2.36. The number of rotatable bonds is 5. The minimum Gasteiger partial charge on any atom is -0.313 e. The van der Waals surface area contributed by atoms with Crippen molar-refractivity contribution in [3.63, 3.8) is 0 Å². The summed E-state index contributed by atoms with van der Waals surface area (Å²) >= 11 is 4.28. The normalized spacial score (nSPS) is 29.8. The molecule has 0 radical (unpaired) electrons. The summed E-state index contributed by atoms with van der Waals surface area (Å²) in [6.07, 6.45) is 5.86. The molecule has 0 aromatic heterocycles. The van der Waals surface area contributed by atoms with Crippen LogP contribution in [0.5, 0.6) is 0 Å². The molecule has 2 aliphatic rings. The standard InChI is InChI=1S/C12H23NS2/c1-10(7-11-3-2-4-11)13-8-12-9-14-5-6-15-12/h10-13H,2-9H2,1H3. The van der Waals surface area contributed by atoms with Crippen LogP contribution in [0, 0.1) is 5.92 Å². The van der Waals surface area contributed by atoms with Gasteiger partial charge in [0.25, 0.3) is 0 Å². The van der Waals surface area contributed by atoms with Crippen molar-refractivity contribution in [2.24, 2.45) is 5.92 Å². The van der Waals surface area contributed by atoms with Crippen LogP contribution in [-0.2, 0) is 0 Å². The van der Waals surface area contributed by atoms with Crippen LogP contribution >= 0.6 is 23.5 Å². The Kier molecular flexibility index (Phi) is 5.18. The zero-order chi connectivity index (χ0) is 10.5. The summed E-state index contributed by atoms with van der Waals surface area (Å²) in [7, 11) is 0. The third kappa shape index (κ3) is 4.20. The summed E-state index contributed by atoms with van der Waals surface area (Å²) in [5, 5.41) is 4.59. The first-order valence-electron chi connectivity index (χ1n) is 6.27. The van der Waals surface area contributed by atoms with Crippen LogP contribution in [0.3, 0.4) is 0 Å². The fourth-order valence-corrected chi connectivity index (χ4v) is 4.92. The average Bonchev–Trinajstić information content (AvgIpc) is 2.22. The smallest absolute Gasteiger partial charge is 0.0263 e. The van der Waals surface area contributed by atoms with E-state index in [0.29, 0.717) is 0 Å². The largest absolute Gasteiger partial charge is 0.313 e. The number of hydrogen-bond donors (Lipinski definition) is 1. The minimum absolute atomic E-state index is 0.739. The molecule has 0 bridgehead atoms. The molecule has 15 heavy (non-hydrogen) atoms. The highest BCUT2D eigenvalue weighted by molar-refractivity contribution is 8.06. The van der Waals surface area contributed by atoms with Crippen LogP contribution in [-0.4, -0.2) is 35.1 Å². The van der Waals surface area contributed by atoms with Crippen molar-refractivity contribution in [2.75, 3.05) is 23.8 Å². The van der Waals surface area contributed by atoms with Crippen molar-refractivity contribution >= 4 is 23.5 Å². The Morgan fingerprint density at radius 1 is 1.33 bits per heavy atom. The third-order valence-corrected chi connectivity index (χ3v) is 6.34. The topological polar surface area (TPSA) is 12.0 Å². The van der Waals surface area contributed by atoms with Gasteiger partial charge in [0.1, 0.15) is 0 Å². The molecule has 1 heterocycles. The summed E-state index contributed by atoms with van der Waals surface area (Å²) in [5.41, 5.74) is 0. The van der Waals surface area contributed by atoms with Crippen LogP contribution < -0.4 is 5.32 Å². The maximum absolute atomic E-state index is 3.72. The van der Waals surface area contributed by atoms with Crippen molar-refractivity contribution in [1.29, 1.82) is 0 Å². The van der Waals surface area contributed by atoms with Gasteiger partial charge in [-0.05, 0) is 19.3 Å². The van der Waals surface area contributed by atoms with Crippen molar-refractivity contribution in [3.05, 3.63) is 0 Å².